The molecule has 0 saturated carbocycles. The minimum absolute atomic E-state index is 0.142. The fourth-order valence-electron chi connectivity index (χ4n) is 1.62. The van der Waals surface area contributed by atoms with Crippen LogP contribution in [0.2, 0.25) is 5.02 Å². The van der Waals surface area contributed by atoms with Crippen molar-refractivity contribution in [1.29, 1.82) is 0 Å². The molecule has 0 fully saturated rings. The molecular formula is C16H18BrClN2O3. The Kier molecular flexibility index (Phi) is 7.98. The summed E-state index contributed by atoms with van der Waals surface area (Å²) >= 11 is 9.51. The Labute approximate surface area is 149 Å². The smallest absolute Gasteiger partial charge is 0.358 e. The topological polar surface area (TPSA) is 61.3 Å². The fraction of sp³-hybridized carbons (Fsp3) is 0.312. The molecule has 0 aliphatic heterocycles. The van der Waals surface area contributed by atoms with Gasteiger partial charge >= 0.3 is 5.97 Å². The normalized spacial score (nSPS) is 9.65. The SMILES string of the molecule is CC.COC(=O)c1cnc(OCc2cccc(Br)c2Cl)c(C)n1. The quantitative estimate of drug-likeness (QED) is 0.701. The predicted octanol–water partition coefficient (Wildman–Crippen LogP) is 4.59. The molecule has 0 amide bonds. The highest BCUT2D eigenvalue weighted by molar-refractivity contribution is 9.10. The maximum atomic E-state index is 11.4. The molecule has 0 aliphatic rings. The van der Waals surface area contributed by atoms with Crippen LogP contribution < -0.4 is 4.74 Å². The molecular weight excluding hydrogens is 384 g/mol. The Morgan fingerprint density at radius 2 is 2.04 bits per heavy atom. The second kappa shape index (κ2) is 9.47. The Hall–Kier alpha value is -1.66. The zero-order chi connectivity index (χ0) is 17.4. The number of hydrogen-bond acceptors (Lipinski definition) is 5. The van der Waals surface area contributed by atoms with Gasteiger partial charge in [0.15, 0.2) is 5.69 Å². The van der Waals surface area contributed by atoms with E-state index in [0.29, 0.717) is 16.6 Å². The molecule has 2 rings (SSSR count). The molecule has 0 aliphatic carbocycles. The number of ether oxygens (including phenoxy) is 2. The molecule has 0 unspecified atom stereocenters. The lowest BCUT2D eigenvalue weighted by Gasteiger charge is -2.10. The standard InChI is InChI=1S/C14H12BrClN2O3.C2H6/c1-8-13(17-6-11(18-8)14(19)20-2)21-7-9-4-3-5-10(15)12(9)16;1-2/h3-6H,7H2,1-2H3;1-2H3. The molecule has 23 heavy (non-hydrogen) atoms. The number of esters is 1. The summed E-state index contributed by atoms with van der Waals surface area (Å²) in [7, 11) is 1.29. The first-order chi connectivity index (χ1) is 11.0. The number of carbonyl (C=O) groups excluding carboxylic acids is 1. The Bertz CT molecular complexity index is 680. The van der Waals surface area contributed by atoms with Gasteiger partial charge in [-0.3, -0.25) is 0 Å². The number of benzene rings is 1. The molecule has 0 N–H and O–H groups in total. The van der Waals surface area contributed by atoms with Crippen molar-refractivity contribution in [3.8, 4) is 5.88 Å². The van der Waals surface area contributed by atoms with Crippen LogP contribution in [0.3, 0.4) is 0 Å². The number of aromatic nitrogens is 2. The van der Waals surface area contributed by atoms with E-state index in [1.807, 2.05) is 32.0 Å². The molecule has 1 heterocycles. The molecule has 0 saturated heterocycles. The fourth-order valence-corrected chi connectivity index (χ4v) is 2.21. The van der Waals surface area contributed by atoms with Crippen molar-refractivity contribution in [2.24, 2.45) is 0 Å². The third kappa shape index (κ3) is 5.18. The molecule has 124 valence electrons. The van der Waals surface area contributed by atoms with Gasteiger partial charge in [-0.15, -0.1) is 0 Å². The van der Waals surface area contributed by atoms with Crippen LogP contribution in [0, 0.1) is 6.92 Å². The molecule has 1 aromatic carbocycles. The summed E-state index contributed by atoms with van der Waals surface area (Å²) in [5.74, 6) is -0.189. The molecule has 5 nitrogen and oxygen atoms in total. The molecule has 0 spiro atoms. The van der Waals surface area contributed by atoms with Crippen LogP contribution in [0.15, 0.2) is 28.9 Å². The van der Waals surface area contributed by atoms with Crippen molar-refractivity contribution >= 4 is 33.5 Å². The van der Waals surface area contributed by atoms with Gasteiger partial charge in [-0.05, 0) is 28.9 Å². The van der Waals surface area contributed by atoms with Gasteiger partial charge < -0.3 is 9.47 Å². The zero-order valence-corrected chi connectivity index (χ0v) is 15.7. The largest absolute Gasteiger partial charge is 0.471 e. The van der Waals surface area contributed by atoms with E-state index < -0.39 is 5.97 Å². The summed E-state index contributed by atoms with van der Waals surface area (Å²) in [6.45, 7) is 5.96. The molecule has 0 atom stereocenters. The first-order valence-electron chi connectivity index (χ1n) is 7.00. The number of methoxy groups -OCH3 is 1. The molecule has 0 radical (unpaired) electrons. The van der Waals surface area contributed by atoms with Gasteiger partial charge in [0, 0.05) is 10.0 Å². The van der Waals surface area contributed by atoms with E-state index in [2.05, 4.69) is 30.6 Å². The van der Waals surface area contributed by atoms with Crippen molar-refractivity contribution < 1.29 is 14.3 Å². The lowest BCUT2D eigenvalue weighted by molar-refractivity contribution is 0.0593. The first kappa shape index (κ1) is 19.4. The van der Waals surface area contributed by atoms with Crippen LogP contribution in [0.1, 0.15) is 35.6 Å². The molecule has 2 aromatic rings. The van der Waals surface area contributed by atoms with Crippen molar-refractivity contribution in [2.75, 3.05) is 7.11 Å². The zero-order valence-electron chi connectivity index (χ0n) is 13.4. The van der Waals surface area contributed by atoms with E-state index in [9.17, 15) is 4.79 Å². The van der Waals surface area contributed by atoms with E-state index in [0.717, 1.165) is 10.0 Å². The highest BCUT2D eigenvalue weighted by atomic mass is 79.9. The van der Waals surface area contributed by atoms with E-state index in [1.54, 1.807) is 6.92 Å². The number of rotatable bonds is 4. The van der Waals surface area contributed by atoms with Crippen molar-refractivity contribution in [3.05, 3.63) is 50.8 Å². The van der Waals surface area contributed by atoms with Crippen LogP contribution in [-0.2, 0) is 11.3 Å². The summed E-state index contributed by atoms with van der Waals surface area (Å²) in [5, 5.41) is 0.592. The van der Waals surface area contributed by atoms with E-state index in [-0.39, 0.29) is 12.3 Å². The second-order valence-electron chi connectivity index (χ2n) is 4.14. The average molecular weight is 402 g/mol. The third-order valence-electron chi connectivity index (χ3n) is 2.69. The summed E-state index contributed by atoms with van der Waals surface area (Å²) < 4.78 is 11.0. The number of hydrogen-bond donors (Lipinski definition) is 0. The van der Waals surface area contributed by atoms with Crippen LogP contribution in [0.5, 0.6) is 5.88 Å². The third-order valence-corrected chi connectivity index (χ3v) is 4.03. The van der Waals surface area contributed by atoms with Crippen molar-refractivity contribution in [1.82, 2.24) is 9.97 Å². The van der Waals surface area contributed by atoms with Gasteiger partial charge in [0.25, 0.3) is 0 Å². The van der Waals surface area contributed by atoms with Crippen LogP contribution in [-0.4, -0.2) is 23.0 Å². The predicted molar refractivity (Wildman–Crippen MR) is 92.9 cm³/mol. The number of carbonyl (C=O) groups is 1. The average Bonchev–Trinajstić information content (AvgIpc) is 2.58. The molecule has 1 aromatic heterocycles. The highest BCUT2D eigenvalue weighted by Crippen LogP contribution is 2.27. The van der Waals surface area contributed by atoms with Gasteiger partial charge in [-0.2, -0.15) is 0 Å². The van der Waals surface area contributed by atoms with Gasteiger partial charge in [0.1, 0.15) is 12.3 Å². The maximum absolute atomic E-state index is 11.4. The van der Waals surface area contributed by atoms with Gasteiger partial charge in [-0.1, -0.05) is 37.6 Å². The van der Waals surface area contributed by atoms with Gasteiger partial charge in [0.2, 0.25) is 5.88 Å². The Balaban J connectivity index is 0.00000127. The summed E-state index contributed by atoms with van der Waals surface area (Å²) in [6, 6.07) is 5.58. The first-order valence-corrected chi connectivity index (χ1v) is 8.17. The van der Waals surface area contributed by atoms with Crippen molar-refractivity contribution in [2.45, 2.75) is 27.4 Å². The highest BCUT2D eigenvalue weighted by Gasteiger charge is 2.12. The maximum Gasteiger partial charge on any atom is 0.358 e. The van der Waals surface area contributed by atoms with E-state index in [4.69, 9.17) is 16.3 Å². The van der Waals surface area contributed by atoms with E-state index >= 15 is 0 Å². The van der Waals surface area contributed by atoms with Crippen molar-refractivity contribution in [3.63, 3.8) is 0 Å². The summed E-state index contributed by atoms with van der Waals surface area (Å²) in [4.78, 5) is 19.5. The van der Waals surface area contributed by atoms with E-state index in [1.165, 1.54) is 13.3 Å². The number of nitrogens with zero attached hydrogens (tertiary/aromatic N) is 2. The summed E-state index contributed by atoms with van der Waals surface area (Å²) in [5.41, 5.74) is 1.47. The number of halogens is 2. The molecule has 0 bridgehead atoms. The van der Waals surface area contributed by atoms with Crippen LogP contribution in [0.25, 0.3) is 0 Å². The van der Waals surface area contributed by atoms with Gasteiger partial charge in [0.05, 0.1) is 18.3 Å². The minimum atomic E-state index is -0.535. The summed E-state index contributed by atoms with van der Waals surface area (Å²) in [6.07, 6.45) is 1.32. The second-order valence-corrected chi connectivity index (χ2v) is 5.37. The Morgan fingerprint density at radius 3 is 2.65 bits per heavy atom. The number of aryl methyl sites for hydroxylation is 1. The lowest BCUT2D eigenvalue weighted by Crippen LogP contribution is -2.08. The van der Waals surface area contributed by atoms with Crippen LogP contribution in [0.4, 0.5) is 0 Å². The van der Waals surface area contributed by atoms with Gasteiger partial charge in [-0.25, -0.2) is 14.8 Å². The monoisotopic (exact) mass is 400 g/mol. The minimum Gasteiger partial charge on any atom is -0.471 e. The lowest BCUT2D eigenvalue weighted by atomic mass is 10.2. The molecule has 7 heteroatoms. The van der Waals surface area contributed by atoms with Crippen LogP contribution >= 0.6 is 27.5 Å². The Morgan fingerprint density at radius 1 is 1.35 bits per heavy atom.